The fraction of sp³-hybridized carbons (Fsp3) is 0.333. The van der Waals surface area contributed by atoms with Gasteiger partial charge in [0.1, 0.15) is 0 Å². The van der Waals surface area contributed by atoms with E-state index in [4.69, 9.17) is 19.4 Å². The standard InChI is InChI=1S/C9H15O4P/c1-14(10,11,12)8-7-13-9-5-3-2-4-6-9/h2-6,10-12H,7-8H2,1H3. The van der Waals surface area contributed by atoms with Crippen LogP contribution in [0.15, 0.2) is 30.3 Å². The van der Waals surface area contributed by atoms with Gasteiger partial charge in [-0.15, -0.1) is 0 Å². The van der Waals surface area contributed by atoms with E-state index in [-0.39, 0.29) is 12.8 Å². The molecule has 1 aromatic rings. The zero-order chi connectivity index (χ0) is 10.7. The molecule has 1 rings (SSSR count). The molecule has 80 valence electrons. The van der Waals surface area contributed by atoms with Crippen LogP contribution < -0.4 is 4.74 Å². The number of ether oxygens (including phenoxy) is 1. The van der Waals surface area contributed by atoms with Crippen molar-refractivity contribution in [2.45, 2.75) is 0 Å². The summed E-state index contributed by atoms with van der Waals surface area (Å²) in [5, 5.41) is 0. The van der Waals surface area contributed by atoms with Crippen molar-refractivity contribution in [3.05, 3.63) is 30.3 Å². The van der Waals surface area contributed by atoms with Gasteiger partial charge in [0.15, 0.2) is 0 Å². The minimum absolute atomic E-state index is 0.0852. The molecule has 5 heteroatoms. The molecule has 0 saturated carbocycles. The third kappa shape index (κ3) is 5.14. The predicted octanol–water partition coefficient (Wildman–Crippen LogP) is 0.970. The molecule has 0 aliphatic heterocycles. The Bertz CT molecular complexity index is 281. The molecule has 0 fully saturated rings. The normalized spacial score (nSPS) is 14.4. The van der Waals surface area contributed by atoms with Crippen LogP contribution in [0, 0.1) is 0 Å². The second-order valence-corrected chi connectivity index (χ2v) is 7.16. The summed E-state index contributed by atoms with van der Waals surface area (Å²) < 4.78 is 5.20. The van der Waals surface area contributed by atoms with Crippen molar-refractivity contribution in [3.63, 3.8) is 0 Å². The molecule has 4 nitrogen and oxygen atoms in total. The predicted molar refractivity (Wildman–Crippen MR) is 56.3 cm³/mol. The minimum atomic E-state index is -4.39. The maximum atomic E-state index is 9.12. The van der Waals surface area contributed by atoms with Crippen LogP contribution in [0.4, 0.5) is 0 Å². The van der Waals surface area contributed by atoms with Crippen molar-refractivity contribution in [3.8, 4) is 5.75 Å². The van der Waals surface area contributed by atoms with E-state index in [0.717, 1.165) is 6.66 Å². The Labute approximate surface area is 83.0 Å². The maximum absolute atomic E-state index is 9.12. The third-order valence-electron chi connectivity index (χ3n) is 1.63. The van der Waals surface area contributed by atoms with Crippen LogP contribution in [0.3, 0.4) is 0 Å². The zero-order valence-electron chi connectivity index (χ0n) is 8.00. The van der Waals surface area contributed by atoms with Crippen molar-refractivity contribution in [2.24, 2.45) is 0 Å². The van der Waals surface area contributed by atoms with E-state index in [1.807, 2.05) is 18.2 Å². The molecule has 3 N–H and O–H groups in total. The molecule has 0 unspecified atom stereocenters. The van der Waals surface area contributed by atoms with Gasteiger partial charge in [-0.25, -0.2) is 0 Å². The molecule has 1 aromatic carbocycles. The van der Waals surface area contributed by atoms with Crippen molar-refractivity contribution in [2.75, 3.05) is 19.4 Å². The Hall–Kier alpha value is -0.670. The van der Waals surface area contributed by atoms with Crippen LogP contribution in [0.1, 0.15) is 0 Å². The Morgan fingerprint density at radius 2 is 1.71 bits per heavy atom. The van der Waals surface area contributed by atoms with Gasteiger partial charge in [-0.2, -0.15) is 0 Å². The van der Waals surface area contributed by atoms with Crippen molar-refractivity contribution in [1.29, 1.82) is 0 Å². The van der Waals surface area contributed by atoms with Gasteiger partial charge in [0.25, 0.3) is 0 Å². The Kier molecular flexibility index (Phi) is 3.12. The fourth-order valence-corrected chi connectivity index (χ4v) is 1.41. The van der Waals surface area contributed by atoms with Gasteiger partial charge in [0.05, 0.1) is 0 Å². The van der Waals surface area contributed by atoms with E-state index in [1.54, 1.807) is 12.1 Å². The monoisotopic (exact) mass is 218 g/mol. The number of rotatable bonds is 4. The zero-order valence-corrected chi connectivity index (χ0v) is 8.89. The quantitative estimate of drug-likeness (QED) is 0.658. The summed E-state index contributed by atoms with van der Waals surface area (Å²) >= 11 is 0. The third-order valence-corrected chi connectivity index (χ3v) is 2.86. The molecule has 0 heterocycles. The van der Waals surface area contributed by atoms with Crippen molar-refractivity contribution in [1.82, 2.24) is 0 Å². The summed E-state index contributed by atoms with van der Waals surface area (Å²) in [7, 11) is -4.39. The number of benzene rings is 1. The van der Waals surface area contributed by atoms with E-state index in [2.05, 4.69) is 0 Å². The van der Waals surface area contributed by atoms with Crippen molar-refractivity contribution >= 4 is 7.28 Å². The molecule has 0 aliphatic rings. The Morgan fingerprint density at radius 3 is 2.21 bits per heavy atom. The van der Waals surface area contributed by atoms with Crippen LogP contribution in [0.2, 0.25) is 0 Å². The van der Waals surface area contributed by atoms with E-state index >= 15 is 0 Å². The molecule has 0 atom stereocenters. The van der Waals surface area contributed by atoms with Crippen LogP contribution in [-0.2, 0) is 0 Å². The molecule has 14 heavy (non-hydrogen) atoms. The van der Waals surface area contributed by atoms with Crippen LogP contribution in [0.5, 0.6) is 5.75 Å². The average Bonchev–Trinajstić information content (AvgIpc) is 2.02. The second kappa shape index (κ2) is 3.83. The number of hydrogen-bond donors (Lipinski definition) is 3. The second-order valence-electron chi connectivity index (χ2n) is 3.49. The first kappa shape index (κ1) is 11.4. The Balaban J connectivity index is 2.37. The van der Waals surface area contributed by atoms with Gasteiger partial charge in [-0.1, -0.05) is 0 Å². The molecule has 0 saturated heterocycles. The van der Waals surface area contributed by atoms with Crippen LogP contribution >= 0.6 is 7.28 Å². The molecule has 0 aromatic heterocycles. The summed E-state index contributed by atoms with van der Waals surface area (Å²) in [4.78, 5) is 27.4. The van der Waals surface area contributed by atoms with E-state index in [0.29, 0.717) is 5.75 Å². The Morgan fingerprint density at radius 1 is 1.14 bits per heavy atom. The molecule has 0 aliphatic carbocycles. The van der Waals surface area contributed by atoms with Gasteiger partial charge in [-0.3, -0.25) is 0 Å². The first-order valence-electron chi connectivity index (χ1n) is 4.27. The first-order chi connectivity index (χ1) is 6.33. The fourth-order valence-electron chi connectivity index (χ4n) is 0.894. The van der Waals surface area contributed by atoms with E-state index < -0.39 is 7.28 Å². The van der Waals surface area contributed by atoms with Crippen LogP contribution in [-0.4, -0.2) is 34.1 Å². The molecular formula is C9H15O4P. The molecule has 0 radical (unpaired) electrons. The molecular weight excluding hydrogens is 203 g/mol. The van der Waals surface area contributed by atoms with E-state index in [1.165, 1.54) is 0 Å². The SMILES string of the molecule is CP(O)(O)(O)CCOc1ccccc1. The molecule has 0 amide bonds. The summed E-state index contributed by atoms with van der Waals surface area (Å²) in [6.45, 7) is 1.13. The number of hydrogen-bond acceptors (Lipinski definition) is 4. The van der Waals surface area contributed by atoms with Gasteiger partial charge >= 0.3 is 82.2 Å². The average molecular weight is 218 g/mol. The molecule has 0 spiro atoms. The number of para-hydroxylation sites is 1. The summed E-state index contributed by atoms with van der Waals surface area (Å²) in [6, 6.07) is 9.01. The van der Waals surface area contributed by atoms with Gasteiger partial charge in [-0.05, 0) is 0 Å². The van der Waals surface area contributed by atoms with Gasteiger partial charge < -0.3 is 0 Å². The summed E-state index contributed by atoms with van der Waals surface area (Å²) in [6.07, 6.45) is -0.152. The van der Waals surface area contributed by atoms with Crippen molar-refractivity contribution < 1.29 is 19.4 Å². The van der Waals surface area contributed by atoms with E-state index in [9.17, 15) is 0 Å². The topological polar surface area (TPSA) is 69.9 Å². The first-order valence-corrected chi connectivity index (χ1v) is 6.99. The van der Waals surface area contributed by atoms with Crippen LogP contribution in [0.25, 0.3) is 0 Å². The van der Waals surface area contributed by atoms with Gasteiger partial charge in [0.2, 0.25) is 0 Å². The molecule has 0 bridgehead atoms. The summed E-state index contributed by atoms with van der Waals surface area (Å²) in [5.41, 5.74) is 0. The summed E-state index contributed by atoms with van der Waals surface area (Å²) in [5.74, 6) is 0.646. The van der Waals surface area contributed by atoms with Gasteiger partial charge in [0, 0.05) is 0 Å².